The molecule has 1 aliphatic rings. The molecule has 0 radical (unpaired) electrons. The van der Waals surface area contributed by atoms with Crippen LogP contribution in [0.2, 0.25) is 0 Å². The van der Waals surface area contributed by atoms with Gasteiger partial charge in [0.2, 0.25) is 0 Å². The molecule has 1 N–H and O–H groups in total. The Kier molecular flexibility index (Phi) is 5.53. The van der Waals surface area contributed by atoms with Crippen molar-refractivity contribution in [2.45, 2.75) is 33.2 Å². The smallest absolute Gasteiger partial charge is 0.252 e. The first kappa shape index (κ1) is 17.7. The number of hydrogen-bond donors (Lipinski definition) is 1. The van der Waals surface area contributed by atoms with Crippen LogP contribution in [0.1, 0.15) is 37.6 Å². The number of ether oxygens (including phenoxy) is 1. The number of morpholine rings is 1. The topological polar surface area (TPSA) is 54.5 Å². The first-order valence-electron chi connectivity index (χ1n) is 9.08. The number of nitrogens with one attached hydrogen (secondary N) is 1. The second kappa shape index (κ2) is 7.83. The van der Waals surface area contributed by atoms with Crippen molar-refractivity contribution in [2.75, 3.05) is 31.2 Å². The Morgan fingerprint density at radius 1 is 1.24 bits per heavy atom. The summed E-state index contributed by atoms with van der Waals surface area (Å²) in [5, 5.41) is 4.04. The maximum atomic E-state index is 12.9. The van der Waals surface area contributed by atoms with Crippen LogP contribution in [-0.2, 0) is 4.74 Å². The Bertz CT molecular complexity index is 739. The number of rotatable bonds is 5. The molecule has 0 aliphatic carbocycles. The fourth-order valence-electron chi connectivity index (χ4n) is 3.37. The van der Waals surface area contributed by atoms with Crippen LogP contribution in [-0.4, -0.2) is 43.2 Å². The van der Waals surface area contributed by atoms with Crippen LogP contribution in [0.15, 0.2) is 30.3 Å². The van der Waals surface area contributed by atoms with Gasteiger partial charge in [0.15, 0.2) is 0 Å². The number of amides is 1. The summed E-state index contributed by atoms with van der Waals surface area (Å²) in [6.45, 7) is 9.39. The highest BCUT2D eigenvalue weighted by atomic mass is 16.5. The van der Waals surface area contributed by atoms with Gasteiger partial charge in [-0.1, -0.05) is 32.0 Å². The minimum Gasteiger partial charge on any atom is -0.378 e. The van der Waals surface area contributed by atoms with Crippen molar-refractivity contribution in [1.29, 1.82) is 0 Å². The fourth-order valence-corrected chi connectivity index (χ4v) is 3.37. The Morgan fingerprint density at radius 2 is 1.96 bits per heavy atom. The maximum absolute atomic E-state index is 12.9. The summed E-state index contributed by atoms with van der Waals surface area (Å²) in [7, 11) is 0. The molecule has 0 saturated carbocycles. The van der Waals surface area contributed by atoms with Crippen LogP contribution in [0.25, 0.3) is 10.9 Å². The normalized spacial score (nSPS) is 16.2. The fraction of sp³-hybridized carbons (Fsp3) is 0.500. The third-order valence-corrected chi connectivity index (χ3v) is 4.48. The number of hydrogen-bond acceptors (Lipinski definition) is 4. The predicted octanol–water partition coefficient (Wildman–Crippen LogP) is 3.24. The molecule has 0 bridgehead atoms. The number of nitrogens with zero attached hydrogens (tertiary/aromatic N) is 2. The highest BCUT2D eigenvalue weighted by Crippen LogP contribution is 2.24. The first-order chi connectivity index (χ1) is 12.0. The number of carbonyl (C=O) groups excluding carboxylic acids is 1. The summed E-state index contributed by atoms with van der Waals surface area (Å²) in [5.74, 6) is 1.37. The average Bonchev–Trinajstić information content (AvgIpc) is 2.60. The second-order valence-corrected chi connectivity index (χ2v) is 7.15. The Morgan fingerprint density at radius 3 is 2.68 bits per heavy atom. The molecule has 5 nitrogen and oxygen atoms in total. The van der Waals surface area contributed by atoms with Crippen LogP contribution in [0.3, 0.4) is 0 Å². The van der Waals surface area contributed by atoms with Crippen molar-refractivity contribution in [1.82, 2.24) is 10.3 Å². The van der Waals surface area contributed by atoms with Crippen LogP contribution in [0.4, 0.5) is 5.82 Å². The van der Waals surface area contributed by atoms with Crippen molar-refractivity contribution in [3.63, 3.8) is 0 Å². The van der Waals surface area contributed by atoms with Gasteiger partial charge in [-0.05, 0) is 31.4 Å². The summed E-state index contributed by atoms with van der Waals surface area (Å²) in [6, 6.07) is 9.91. The van der Waals surface area contributed by atoms with E-state index in [4.69, 9.17) is 9.72 Å². The van der Waals surface area contributed by atoms with Crippen molar-refractivity contribution in [3.05, 3.63) is 35.9 Å². The van der Waals surface area contributed by atoms with Crippen LogP contribution >= 0.6 is 0 Å². The van der Waals surface area contributed by atoms with Crippen molar-refractivity contribution >= 4 is 22.6 Å². The molecule has 1 aromatic carbocycles. The van der Waals surface area contributed by atoms with Gasteiger partial charge in [-0.25, -0.2) is 4.98 Å². The molecule has 3 rings (SSSR count). The Hall–Kier alpha value is -2.14. The lowest BCUT2D eigenvalue weighted by Crippen LogP contribution is -2.37. The molecule has 2 aromatic rings. The third-order valence-electron chi connectivity index (χ3n) is 4.48. The highest BCUT2D eigenvalue weighted by Gasteiger charge is 2.19. The average molecular weight is 341 g/mol. The molecule has 25 heavy (non-hydrogen) atoms. The van der Waals surface area contributed by atoms with E-state index in [-0.39, 0.29) is 11.9 Å². The van der Waals surface area contributed by atoms with Crippen LogP contribution in [0, 0.1) is 5.92 Å². The molecule has 1 atom stereocenters. The van der Waals surface area contributed by atoms with E-state index < -0.39 is 0 Å². The Labute approximate surface area is 149 Å². The van der Waals surface area contributed by atoms with E-state index in [0.29, 0.717) is 24.7 Å². The number of carbonyl (C=O) groups is 1. The molecule has 1 aliphatic heterocycles. The minimum absolute atomic E-state index is 0.0266. The lowest BCUT2D eigenvalue weighted by atomic mass is 10.0. The van der Waals surface area contributed by atoms with Gasteiger partial charge in [0.05, 0.1) is 24.3 Å². The molecule has 0 spiro atoms. The molecule has 2 heterocycles. The minimum atomic E-state index is -0.0266. The van der Waals surface area contributed by atoms with Gasteiger partial charge in [-0.3, -0.25) is 4.79 Å². The van der Waals surface area contributed by atoms with Crippen molar-refractivity contribution < 1.29 is 9.53 Å². The quantitative estimate of drug-likeness (QED) is 0.907. The van der Waals surface area contributed by atoms with E-state index in [1.54, 1.807) is 0 Å². The molecule has 1 fully saturated rings. The standard InChI is InChI=1S/C20H27N3O2/c1-14(2)12-15(3)21-20(24)17-13-19(23-8-10-25-11-9-23)22-18-7-5-4-6-16(17)18/h4-7,13-15H,8-12H2,1-3H3,(H,21,24). The summed E-state index contributed by atoms with van der Waals surface area (Å²) in [6.07, 6.45) is 0.963. The zero-order valence-corrected chi connectivity index (χ0v) is 15.3. The van der Waals surface area contributed by atoms with Gasteiger partial charge in [0.25, 0.3) is 5.91 Å². The lowest BCUT2D eigenvalue weighted by Gasteiger charge is -2.28. The number of fused-ring (bicyclic) bond motifs is 1. The van der Waals surface area contributed by atoms with Gasteiger partial charge >= 0.3 is 0 Å². The third kappa shape index (κ3) is 4.28. The lowest BCUT2D eigenvalue weighted by molar-refractivity contribution is 0.0937. The largest absolute Gasteiger partial charge is 0.378 e. The van der Waals surface area contributed by atoms with E-state index in [1.807, 2.05) is 30.3 Å². The zero-order chi connectivity index (χ0) is 17.8. The molecular weight excluding hydrogens is 314 g/mol. The summed E-state index contributed by atoms with van der Waals surface area (Å²) >= 11 is 0. The molecule has 1 unspecified atom stereocenters. The molecular formula is C20H27N3O2. The molecule has 1 amide bonds. The monoisotopic (exact) mass is 341 g/mol. The number of anilines is 1. The van der Waals surface area contributed by atoms with Gasteiger partial charge in [-0.2, -0.15) is 0 Å². The van der Waals surface area contributed by atoms with E-state index in [0.717, 1.165) is 36.2 Å². The number of pyridine rings is 1. The van der Waals surface area contributed by atoms with E-state index in [1.165, 1.54) is 0 Å². The SMILES string of the molecule is CC(C)CC(C)NC(=O)c1cc(N2CCOCC2)nc2ccccc12. The summed E-state index contributed by atoms with van der Waals surface area (Å²) in [4.78, 5) is 19.8. The molecule has 1 aromatic heterocycles. The van der Waals surface area contributed by atoms with Crippen molar-refractivity contribution in [3.8, 4) is 0 Å². The van der Waals surface area contributed by atoms with Crippen LogP contribution < -0.4 is 10.2 Å². The van der Waals surface area contributed by atoms with Gasteiger partial charge in [0.1, 0.15) is 5.82 Å². The van der Waals surface area contributed by atoms with Gasteiger partial charge in [-0.15, -0.1) is 0 Å². The highest BCUT2D eigenvalue weighted by molar-refractivity contribution is 6.07. The summed E-state index contributed by atoms with van der Waals surface area (Å²) in [5.41, 5.74) is 1.55. The van der Waals surface area contributed by atoms with Gasteiger partial charge < -0.3 is 15.0 Å². The number of aromatic nitrogens is 1. The van der Waals surface area contributed by atoms with Crippen LogP contribution in [0.5, 0.6) is 0 Å². The zero-order valence-electron chi connectivity index (χ0n) is 15.3. The number of benzene rings is 1. The number of para-hydroxylation sites is 1. The van der Waals surface area contributed by atoms with E-state index >= 15 is 0 Å². The predicted molar refractivity (Wildman–Crippen MR) is 101 cm³/mol. The Balaban J connectivity index is 1.93. The maximum Gasteiger partial charge on any atom is 0.252 e. The summed E-state index contributed by atoms with van der Waals surface area (Å²) < 4.78 is 5.43. The van der Waals surface area contributed by atoms with Crippen molar-refractivity contribution in [2.24, 2.45) is 5.92 Å². The molecule has 134 valence electrons. The first-order valence-corrected chi connectivity index (χ1v) is 9.08. The van der Waals surface area contributed by atoms with E-state index in [2.05, 4.69) is 31.0 Å². The second-order valence-electron chi connectivity index (χ2n) is 7.15. The molecule has 5 heteroatoms. The molecule has 1 saturated heterocycles. The van der Waals surface area contributed by atoms with Gasteiger partial charge in [0, 0.05) is 24.5 Å². The van der Waals surface area contributed by atoms with E-state index in [9.17, 15) is 4.79 Å².